The number of thioether (sulfide) groups is 1. The Morgan fingerprint density at radius 2 is 2.07 bits per heavy atom. The van der Waals surface area contributed by atoms with E-state index in [2.05, 4.69) is 4.99 Å². The maximum absolute atomic E-state index is 12.4. The second-order valence-corrected chi connectivity index (χ2v) is 7.36. The molecular weight excluding hydrogens is 417 g/mol. The number of aliphatic imine (C=N–C) groups is 1. The van der Waals surface area contributed by atoms with Crippen LogP contribution in [0, 0.1) is 0 Å². The van der Waals surface area contributed by atoms with Gasteiger partial charge in [0.2, 0.25) is 0 Å². The number of amides is 1. The molecule has 13 heteroatoms. The van der Waals surface area contributed by atoms with Crippen LogP contribution in [0.2, 0.25) is 0 Å². The van der Waals surface area contributed by atoms with Crippen molar-refractivity contribution in [3.63, 3.8) is 0 Å². The van der Waals surface area contributed by atoms with Gasteiger partial charge < -0.3 is 25.8 Å². The topological polar surface area (TPSA) is 183 Å². The molecular formula is C16H20N3NaO8S. The number of rotatable bonds is 9. The number of β-lactam (4-membered cyclic amide) rings is 1. The van der Waals surface area contributed by atoms with Gasteiger partial charge >= 0.3 is 47.5 Å². The van der Waals surface area contributed by atoms with Crippen LogP contribution in [0.25, 0.3) is 0 Å². The molecule has 11 nitrogen and oxygen atoms in total. The maximum Gasteiger partial charge on any atom is 1.00 e. The molecule has 0 bridgehead atoms. The Balaban J connectivity index is 0.00000420. The number of carboxylic acids is 2. The standard InChI is InChI=1S/C16H21N3O8S.Na/c1-7(20)27-5-8-6-28-14-11(13(22)19(14)12(8)16(25)26)18-10(21)4-2-3-9(17)15(23)24;/h9,11,14H,2-6,17H2,1H3,(H,18,21)(H,23,24)(H,25,26);/q;+1/p-1/t9?,11-,14-;/m1./s1. The van der Waals surface area contributed by atoms with Crippen LogP contribution in [0.5, 0.6) is 0 Å². The molecule has 0 saturated carbocycles. The van der Waals surface area contributed by atoms with E-state index in [0.717, 1.165) is 4.90 Å². The molecule has 2 aliphatic heterocycles. The fourth-order valence-corrected chi connectivity index (χ4v) is 4.08. The number of ether oxygens (including phenoxy) is 1. The average Bonchev–Trinajstić information content (AvgIpc) is 2.62. The average molecular weight is 437 g/mol. The molecule has 1 unspecified atom stereocenters. The van der Waals surface area contributed by atoms with Crippen molar-refractivity contribution in [1.82, 2.24) is 4.90 Å². The minimum Gasteiger partial charge on any atom is -0.862 e. The molecule has 2 heterocycles. The number of carboxylic acid groups (broad SMARTS) is 2. The first-order chi connectivity index (χ1) is 13.1. The predicted octanol–water partition coefficient (Wildman–Crippen LogP) is -4.48. The molecule has 29 heavy (non-hydrogen) atoms. The summed E-state index contributed by atoms with van der Waals surface area (Å²) in [4.78, 5) is 50.4. The van der Waals surface area contributed by atoms with Crippen molar-refractivity contribution in [1.29, 1.82) is 0 Å². The second kappa shape index (κ2) is 11.0. The molecule has 3 atom stereocenters. The van der Waals surface area contributed by atoms with Gasteiger partial charge in [-0.05, 0) is 25.2 Å². The summed E-state index contributed by atoms with van der Waals surface area (Å²) in [6, 6.07) is -2.06. The smallest absolute Gasteiger partial charge is 0.862 e. The molecule has 154 valence electrons. The van der Waals surface area contributed by atoms with Crippen molar-refractivity contribution < 1.29 is 68.8 Å². The van der Waals surface area contributed by atoms with Gasteiger partial charge in [0.15, 0.2) is 6.04 Å². The Labute approximate surface area is 192 Å². The number of hydrogen-bond donors (Lipinski definition) is 3. The van der Waals surface area contributed by atoms with E-state index in [1.54, 1.807) is 0 Å². The van der Waals surface area contributed by atoms with Crippen molar-refractivity contribution in [3.8, 4) is 0 Å². The van der Waals surface area contributed by atoms with Gasteiger partial charge in [0.25, 0.3) is 5.91 Å². The first-order valence-corrected chi connectivity index (χ1v) is 9.43. The number of hydrogen-bond acceptors (Lipinski definition) is 9. The quantitative estimate of drug-likeness (QED) is 0.104. The zero-order valence-corrected chi connectivity index (χ0v) is 18.8. The van der Waals surface area contributed by atoms with Crippen LogP contribution in [-0.4, -0.2) is 74.6 Å². The van der Waals surface area contributed by atoms with Crippen LogP contribution in [0.3, 0.4) is 0 Å². The molecule has 2 rings (SSSR count). The molecule has 0 aromatic carbocycles. The number of esters is 1. The van der Waals surface area contributed by atoms with E-state index in [9.17, 15) is 29.4 Å². The van der Waals surface area contributed by atoms with E-state index in [4.69, 9.17) is 15.6 Å². The van der Waals surface area contributed by atoms with Crippen LogP contribution >= 0.6 is 11.8 Å². The van der Waals surface area contributed by atoms with Crippen LogP contribution in [0.1, 0.15) is 26.2 Å². The van der Waals surface area contributed by atoms with Crippen LogP contribution in [0.4, 0.5) is 0 Å². The fraction of sp³-hybridized carbons (Fsp3) is 0.562. The van der Waals surface area contributed by atoms with Crippen LogP contribution < -0.4 is 40.4 Å². The van der Waals surface area contributed by atoms with Crippen molar-refractivity contribution >= 4 is 41.5 Å². The number of carbonyl (C=O) groups excluding carboxylic acids is 2. The van der Waals surface area contributed by atoms with E-state index in [1.807, 2.05) is 0 Å². The summed E-state index contributed by atoms with van der Waals surface area (Å²) in [5, 5.41) is 29.5. The zero-order chi connectivity index (χ0) is 21.0. The molecule has 1 amide bonds. The van der Waals surface area contributed by atoms with Gasteiger partial charge in [0.05, 0.1) is 0 Å². The van der Waals surface area contributed by atoms with Gasteiger partial charge in [-0.15, -0.1) is 11.8 Å². The molecule has 0 radical (unpaired) electrons. The molecule has 1 fully saturated rings. The summed E-state index contributed by atoms with van der Waals surface area (Å²) < 4.78 is 4.84. The van der Waals surface area contributed by atoms with Gasteiger partial charge in [-0.2, -0.15) is 0 Å². The minimum absolute atomic E-state index is 0. The zero-order valence-electron chi connectivity index (χ0n) is 16.0. The van der Waals surface area contributed by atoms with Crippen molar-refractivity contribution in [2.45, 2.75) is 43.6 Å². The van der Waals surface area contributed by atoms with E-state index in [1.165, 1.54) is 18.7 Å². The molecule has 0 aliphatic carbocycles. The molecule has 1 saturated heterocycles. The Kier molecular flexibility index (Phi) is 9.62. The van der Waals surface area contributed by atoms with Crippen LogP contribution in [-0.2, 0) is 23.9 Å². The molecule has 0 aromatic rings. The first-order valence-electron chi connectivity index (χ1n) is 8.39. The SMILES string of the molecule is CC(=O)OCC1=C(C(=O)O)N2C(=O)[C@@H](N=C([O-])CCCC(N)C(=O)O)[C@H]2SC1.[Na+]. The van der Waals surface area contributed by atoms with Crippen molar-refractivity contribution in [2.75, 3.05) is 12.4 Å². The Hall–Kier alpha value is -1.60. The number of aliphatic carboxylic acids is 2. The Morgan fingerprint density at radius 1 is 1.41 bits per heavy atom. The Morgan fingerprint density at radius 3 is 2.62 bits per heavy atom. The fourth-order valence-electron chi connectivity index (χ4n) is 2.77. The summed E-state index contributed by atoms with van der Waals surface area (Å²) in [5.74, 6) is -4.02. The minimum atomic E-state index is -1.33. The van der Waals surface area contributed by atoms with E-state index >= 15 is 0 Å². The maximum atomic E-state index is 12.4. The Bertz CT molecular complexity index is 756. The molecule has 0 spiro atoms. The predicted molar refractivity (Wildman–Crippen MR) is 95.1 cm³/mol. The van der Waals surface area contributed by atoms with Gasteiger partial charge in [0, 0.05) is 18.2 Å². The molecule has 2 aliphatic rings. The summed E-state index contributed by atoms with van der Waals surface area (Å²) in [7, 11) is 0. The summed E-state index contributed by atoms with van der Waals surface area (Å²) in [6.07, 6.45) is 0.261. The second-order valence-electron chi connectivity index (χ2n) is 6.25. The summed E-state index contributed by atoms with van der Waals surface area (Å²) >= 11 is 1.23. The van der Waals surface area contributed by atoms with Gasteiger partial charge in [0.1, 0.15) is 23.7 Å². The van der Waals surface area contributed by atoms with E-state index < -0.39 is 47.2 Å². The summed E-state index contributed by atoms with van der Waals surface area (Å²) in [6.45, 7) is 0.962. The van der Waals surface area contributed by atoms with E-state index in [-0.39, 0.29) is 66.9 Å². The first kappa shape index (κ1) is 25.4. The van der Waals surface area contributed by atoms with Crippen LogP contribution in [0.15, 0.2) is 16.3 Å². The van der Waals surface area contributed by atoms with E-state index in [0.29, 0.717) is 5.57 Å². The van der Waals surface area contributed by atoms with Gasteiger partial charge in [-0.1, -0.05) is 0 Å². The third kappa shape index (κ3) is 6.19. The number of nitrogens with zero attached hydrogens (tertiary/aromatic N) is 2. The third-order valence-corrected chi connectivity index (χ3v) is 5.50. The number of carbonyl (C=O) groups is 4. The van der Waals surface area contributed by atoms with Gasteiger partial charge in [-0.3, -0.25) is 24.3 Å². The number of nitrogens with two attached hydrogens (primary N) is 1. The van der Waals surface area contributed by atoms with Crippen molar-refractivity contribution in [3.05, 3.63) is 11.3 Å². The number of fused-ring (bicyclic) bond motifs is 1. The monoisotopic (exact) mass is 437 g/mol. The largest absolute Gasteiger partial charge is 1.00 e. The summed E-state index contributed by atoms with van der Waals surface area (Å²) in [5.41, 5.74) is 5.40. The molecule has 0 aromatic heterocycles. The van der Waals surface area contributed by atoms with Gasteiger partial charge in [-0.25, -0.2) is 4.79 Å². The molecule has 4 N–H and O–H groups in total. The normalized spacial score (nSPS) is 22.2. The third-order valence-electron chi connectivity index (χ3n) is 4.18. The van der Waals surface area contributed by atoms with Crippen molar-refractivity contribution in [2.24, 2.45) is 10.7 Å².